The Morgan fingerprint density at radius 2 is 1.67 bits per heavy atom. The maximum Gasteiger partial charge on any atom is 0.257 e. The maximum atomic E-state index is 12.6. The molecule has 1 aromatic heterocycles. The van der Waals surface area contributed by atoms with Gasteiger partial charge in [0.1, 0.15) is 0 Å². The van der Waals surface area contributed by atoms with Crippen molar-refractivity contribution < 1.29 is 9.59 Å². The van der Waals surface area contributed by atoms with Crippen LogP contribution < -0.4 is 10.6 Å². The highest BCUT2D eigenvalue weighted by molar-refractivity contribution is 6.44. The van der Waals surface area contributed by atoms with E-state index in [4.69, 9.17) is 34.8 Å². The van der Waals surface area contributed by atoms with E-state index in [0.29, 0.717) is 22.0 Å². The largest absolute Gasteiger partial charge is 0.322 e. The highest BCUT2D eigenvalue weighted by Gasteiger charge is 2.15. The number of rotatable bonds is 4. The van der Waals surface area contributed by atoms with Gasteiger partial charge in [-0.2, -0.15) is 0 Å². The topological polar surface area (TPSA) is 71.1 Å². The molecule has 0 unspecified atom stereocenters. The van der Waals surface area contributed by atoms with E-state index in [1.165, 1.54) is 18.3 Å². The summed E-state index contributed by atoms with van der Waals surface area (Å²) in [5, 5.41) is 6.13. The van der Waals surface area contributed by atoms with Crippen molar-refractivity contribution >= 4 is 58.0 Å². The molecule has 5 nitrogen and oxygen atoms in total. The van der Waals surface area contributed by atoms with E-state index in [9.17, 15) is 9.59 Å². The molecule has 3 aromatic rings. The van der Waals surface area contributed by atoms with Crippen molar-refractivity contribution in [3.8, 4) is 0 Å². The molecule has 3 rings (SSSR count). The molecule has 136 valence electrons. The predicted octanol–water partition coefficient (Wildman–Crippen LogP) is 5.55. The van der Waals surface area contributed by atoms with Gasteiger partial charge in [-0.05, 0) is 42.5 Å². The second-order valence-electron chi connectivity index (χ2n) is 5.45. The van der Waals surface area contributed by atoms with Crippen LogP contribution in [0.1, 0.15) is 20.7 Å². The smallest absolute Gasteiger partial charge is 0.257 e. The molecular weight excluding hydrogens is 409 g/mol. The van der Waals surface area contributed by atoms with E-state index in [1.807, 2.05) is 0 Å². The van der Waals surface area contributed by atoms with E-state index >= 15 is 0 Å². The molecule has 8 heteroatoms. The van der Waals surface area contributed by atoms with Crippen molar-refractivity contribution in [3.05, 3.63) is 87.1 Å². The van der Waals surface area contributed by atoms with Gasteiger partial charge in [-0.1, -0.05) is 40.9 Å². The summed E-state index contributed by atoms with van der Waals surface area (Å²) < 4.78 is 0. The molecule has 2 amide bonds. The van der Waals surface area contributed by atoms with Gasteiger partial charge in [-0.25, -0.2) is 0 Å². The summed E-state index contributed by atoms with van der Waals surface area (Å²) in [4.78, 5) is 28.7. The number of carbonyl (C=O) groups excluding carboxylic acids is 2. The lowest BCUT2D eigenvalue weighted by atomic mass is 10.1. The molecule has 0 atom stereocenters. The van der Waals surface area contributed by atoms with Gasteiger partial charge in [0.15, 0.2) is 0 Å². The molecule has 0 saturated heterocycles. The average Bonchev–Trinajstić information content (AvgIpc) is 2.67. The first-order valence-electron chi connectivity index (χ1n) is 7.72. The molecule has 27 heavy (non-hydrogen) atoms. The minimum atomic E-state index is -0.485. The summed E-state index contributed by atoms with van der Waals surface area (Å²) in [6.07, 6.45) is 3.02. The van der Waals surface area contributed by atoms with E-state index in [2.05, 4.69) is 15.6 Å². The lowest BCUT2D eigenvalue weighted by Crippen LogP contribution is -2.15. The predicted molar refractivity (Wildman–Crippen MR) is 108 cm³/mol. The molecule has 0 bridgehead atoms. The first kappa shape index (κ1) is 19.2. The van der Waals surface area contributed by atoms with Crippen LogP contribution in [0.4, 0.5) is 11.4 Å². The molecule has 2 N–H and O–H groups in total. The zero-order valence-corrected chi connectivity index (χ0v) is 15.9. The van der Waals surface area contributed by atoms with Gasteiger partial charge in [-0.15, -0.1) is 0 Å². The number of nitrogens with one attached hydrogen (secondary N) is 2. The summed E-state index contributed by atoms with van der Waals surface area (Å²) in [5.74, 6) is -0.837. The van der Waals surface area contributed by atoms with Crippen LogP contribution in [0, 0.1) is 0 Å². The fraction of sp³-hybridized carbons (Fsp3) is 0. The van der Waals surface area contributed by atoms with Gasteiger partial charge in [0.05, 0.1) is 31.9 Å². The minimum Gasteiger partial charge on any atom is -0.322 e. The second-order valence-corrected chi connectivity index (χ2v) is 6.64. The van der Waals surface area contributed by atoms with Crippen molar-refractivity contribution in [2.45, 2.75) is 0 Å². The zero-order valence-electron chi connectivity index (χ0n) is 13.7. The molecule has 0 aliphatic heterocycles. The third-order valence-electron chi connectivity index (χ3n) is 3.59. The molecule has 0 saturated carbocycles. The second kappa shape index (κ2) is 8.39. The fourth-order valence-corrected chi connectivity index (χ4v) is 2.82. The van der Waals surface area contributed by atoms with Crippen molar-refractivity contribution in [1.29, 1.82) is 0 Å². The minimum absolute atomic E-state index is 0.177. The summed E-state index contributed by atoms with van der Waals surface area (Å²) in [5.41, 5.74) is 1.34. The van der Waals surface area contributed by atoms with Crippen molar-refractivity contribution in [3.63, 3.8) is 0 Å². The number of anilines is 2. The lowest BCUT2D eigenvalue weighted by molar-refractivity contribution is 0.101. The van der Waals surface area contributed by atoms with Gasteiger partial charge < -0.3 is 10.6 Å². The van der Waals surface area contributed by atoms with Crippen LogP contribution in [0.15, 0.2) is 60.9 Å². The molecule has 2 aromatic carbocycles. The van der Waals surface area contributed by atoms with Gasteiger partial charge in [-0.3, -0.25) is 14.6 Å². The van der Waals surface area contributed by atoms with Crippen LogP contribution in [0.2, 0.25) is 15.1 Å². The van der Waals surface area contributed by atoms with Crippen LogP contribution in [0.3, 0.4) is 0 Å². The van der Waals surface area contributed by atoms with Gasteiger partial charge >= 0.3 is 0 Å². The Morgan fingerprint density at radius 1 is 0.852 bits per heavy atom. The number of nitrogens with zero attached hydrogens (tertiary/aromatic N) is 1. The van der Waals surface area contributed by atoms with E-state index < -0.39 is 5.91 Å². The Kier molecular flexibility index (Phi) is 5.96. The number of amides is 2. The first-order chi connectivity index (χ1) is 13.0. The Balaban J connectivity index is 1.81. The molecule has 0 spiro atoms. The fourth-order valence-electron chi connectivity index (χ4n) is 2.27. The normalized spacial score (nSPS) is 10.3. The van der Waals surface area contributed by atoms with Crippen LogP contribution in [0.5, 0.6) is 0 Å². The molecule has 1 heterocycles. The zero-order chi connectivity index (χ0) is 19.4. The standard InChI is InChI=1S/C19H12Cl3N3O2/c20-14-7-6-12(24-18(26)11-3-2-8-23-10-11)9-13(14)19(27)25-16-5-1-4-15(21)17(16)22/h1-10H,(H,24,26)(H,25,27). The maximum absolute atomic E-state index is 12.6. The molecule has 0 fully saturated rings. The summed E-state index contributed by atoms with van der Waals surface area (Å²) in [6, 6.07) is 12.8. The SMILES string of the molecule is O=C(Nc1ccc(Cl)c(C(=O)Nc2cccc(Cl)c2Cl)c1)c1cccnc1. The number of pyridine rings is 1. The van der Waals surface area contributed by atoms with Crippen LogP contribution >= 0.6 is 34.8 Å². The number of hydrogen-bond acceptors (Lipinski definition) is 3. The Morgan fingerprint density at radius 3 is 2.41 bits per heavy atom. The van der Waals surface area contributed by atoms with Crippen LogP contribution in [-0.4, -0.2) is 16.8 Å². The molecule has 0 aliphatic carbocycles. The highest BCUT2D eigenvalue weighted by Crippen LogP contribution is 2.30. The van der Waals surface area contributed by atoms with Crippen molar-refractivity contribution in [2.24, 2.45) is 0 Å². The van der Waals surface area contributed by atoms with Gasteiger partial charge in [0.25, 0.3) is 11.8 Å². The molecule has 0 radical (unpaired) electrons. The van der Waals surface area contributed by atoms with Crippen molar-refractivity contribution in [2.75, 3.05) is 10.6 Å². The summed E-state index contributed by atoms with van der Waals surface area (Å²) >= 11 is 18.2. The number of halogens is 3. The average molecular weight is 421 g/mol. The number of aromatic nitrogens is 1. The van der Waals surface area contributed by atoms with E-state index in [1.54, 1.807) is 42.6 Å². The molecule has 0 aliphatic rings. The van der Waals surface area contributed by atoms with E-state index in [0.717, 1.165) is 0 Å². The third-order valence-corrected chi connectivity index (χ3v) is 4.74. The highest BCUT2D eigenvalue weighted by atomic mass is 35.5. The summed E-state index contributed by atoms with van der Waals surface area (Å²) in [6.45, 7) is 0. The van der Waals surface area contributed by atoms with Crippen LogP contribution in [0.25, 0.3) is 0 Å². The number of hydrogen-bond donors (Lipinski definition) is 2. The van der Waals surface area contributed by atoms with Crippen LogP contribution in [-0.2, 0) is 0 Å². The quantitative estimate of drug-likeness (QED) is 0.581. The Labute approximate surface area is 170 Å². The lowest BCUT2D eigenvalue weighted by Gasteiger charge is -2.11. The number of benzene rings is 2. The van der Waals surface area contributed by atoms with Crippen molar-refractivity contribution in [1.82, 2.24) is 4.98 Å². The summed E-state index contributed by atoms with van der Waals surface area (Å²) in [7, 11) is 0. The first-order valence-corrected chi connectivity index (χ1v) is 8.85. The van der Waals surface area contributed by atoms with Gasteiger partial charge in [0, 0.05) is 18.1 Å². The third kappa shape index (κ3) is 4.57. The molecular formula is C19H12Cl3N3O2. The number of carbonyl (C=O) groups is 2. The van der Waals surface area contributed by atoms with Gasteiger partial charge in [0.2, 0.25) is 0 Å². The Hall–Kier alpha value is -2.60. The Bertz CT molecular complexity index is 1010. The monoisotopic (exact) mass is 419 g/mol. The van der Waals surface area contributed by atoms with E-state index in [-0.39, 0.29) is 21.5 Å².